The van der Waals surface area contributed by atoms with Crippen LogP contribution in [0.15, 0.2) is 59.2 Å². The van der Waals surface area contributed by atoms with Crippen molar-refractivity contribution in [2.45, 2.75) is 18.7 Å². The van der Waals surface area contributed by atoms with Gasteiger partial charge in [-0.05, 0) is 49.8 Å². The molecule has 0 bridgehead atoms. The van der Waals surface area contributed by atoms with Crippen LogP contribution in [0.2, 0.25) is 0 Å². The van der Waals surface area contributed by atoms with E-state index in [-0.39, 0.29) is 5.76 Å². The maximum absolute atomic E-state index is 11.9. The predicted molar refractivity (Wildman–Crippen MR) is 118 cm³/mol. The van der Waals surface area contributed by atoms with Gasteiger partial charge < -0.3 is 19.1 Å². The molecule has 29 heavy (non-hydrogen) atoms. The van der Waals surface area contributed by atoms with E-state index < -0.39 is 5.97 Å². The predicted octanol–water partition coefficient (Wildman–Crippen LogP) is 4.62. The number of fused-ring (bicyclic) bond motifs is 1. The fourth-order valence-electron chi connectivity index (χ4n) is 3.06. The van der Waals surface area contributed by atoms with E-state index in [1.165, 1.54) is 10.6 Å². The van der Waals surface area contributed by atoms with Gasteiger partial charge in [-0.1, -0.05) is 24.3 Å². The maximum Gasteiger partial charge on any atom is 0.373 e. The molecule has 3 rings (SSSR count). The van der Waals surface area contributed by atoms with Gasteiger partial charge >= 0.3 is 5.97 Å². The summed E-state index contributed by atoms with van der Waals surface area (Å²) in [5.74, 6) is 1.66. The quantitative estimate of drug-likeness (QED) is 0.340. The number of thioether (sulfide) groups is 1. The molecule has 5 nitrogen and oxygen atoms in total. The number of esters is 1. The van der Waals surface area contributed by atoms with Crippen LogP contribution >= 0.6 is 11.8 Å². The van der Waals surface area contributed by atoms with Crippen molar-refractivity contribution in [3.8, 4) is 5.75 Å². The van der Waals surface area contributed by atoms with Crippen LogP contribution in [0.3, 0.4) is 0 Å². The van der Waals surface area contributed by atoms with E-state index in [2.05, 4.69) is 29.2 Å². The van der Waals surface area contributed by atoms with Crippen molar-refractivity contribution >= 4 is 29.5 Å². The third-order valence-electron chi connectivity index (χ3n) is 4.41. The first kappa shape index (κ1) is 21.1. The molecule has 0 amide bonds. The highest BCUT2D eigenvalue weighted by Gasteiger charge is 2.16. The van der Waals surface area contributed by atoms with Gasteiger partial charge in [0.15, 0.2) is 0 Å². The van der Waals surface area contributed by atoms with Gasteiger partial charge in [0.25, 0.3) is 0 Å². The van der Waals surface area contributed by atoms with E-state index in [1.54, 1.807) is 13.0 Å². The summed E-state index contributed by atoms with van der Waals surface area (Å²) in [6.45, 7) is 6.82. The number of para-hydroxylation sites is 1. The Balaban J connectivity index is 1.56. The minimum Gasteiger partial charge on any atom is -0.492 e. The smallest absolute Gasteiger partial charge is 0.373 e. The second-order valence-corrected chi connectivity index (χ2v) is 7.52. The molecule has 1 aliphatic heterocycles. The number of carbonyl (C=O) groups excluding carboxylic acids is 1. The number of nitrogens with zero attached hydrogens (tertiary/aromatic N) is 1. The van der Waals surface area contributed by atoms with E-state index in [9.17, 15) is 4.79 Å². The van der Waals surface area contributed by atoms with Crippen LogP contribution in [0, 0.1) is 0 Å². The topological polar surface area (TPSA) is 48.0 Å². The molecule has 0 N–H and O–H groups in total. The summed E-state index contributed by atoms with van der Waals surface area (Å²) in [4.78, 5) is 15.6. The van der Waals surface area contributed by atoms with Crippen LogP contribution in [0.4, 0.5) is 5.69 Å². The SMILES string of the molecule is CCOC(=O)/C(=C\c1ccc(OCCN2CCSc3ccccc32)cc1)OCC. The number of carbonyl (C=O) groups is 1. The average Bonchev–Trinajstić information content (AvgIpc) is 2.75. The van der Waals surface area contributed by atoms with Gasteiger partial charge in [-0.25, -0.2) is 4.79 Å². The molecule has 2 aromatic carbocycles. The Morgan fingerprint density at radius 1 is 1.07 bits per heavy atom. The highest BCUT2D eigenvalue weighted by molar-refractivity contribution is 7.99. The van der Waals surface area contributed by atoms with E-state index in [0.717, 1.165) is 30.2 Å². The standard InChI is InChI=1S/C23H27NO4S/c1-3-26-21(23(25)27-4-2)17-18-9-11-19(12-10-18)28-15-13-24-14-16-29-22-8-6-5-7-20(22)24/h5-12,17H,3-4,13-16H2,1-2H3/b21-17+. The van der Waals surface area contributed by atoms with E-state index >= 15 is 0 Å². The van der Waals surface area contributed by atoms with Gasteiger partial charge in [-0.3, -0.25) is 0 Å². The lowest BCUT2D eigenvalue weighted by Crippen LogP contribution is -2.33. The average molecular weight is 414 g/mol. The van der Waals surface area contributed by atoms with Crippen LogP contribution in [0.5, 0.6) is 5.75 Å². The molecule has 2 aromatic rings. The lowest BCUT2D eigenvalue weighted by molar-refractivity contribution is -0.142. The fourth-order valence-corrected chi connectivity index (χ4v) is 4.11. The van der Waals surface area contributed by atoms with E-state index in [0.29, 0.717) is 19.8 Å². The first-order chi connectivity index (χ1) is 14.2. The molecule has 1 aliphatic rings. The first-order valence-electron chi connectivity index (χ1n) is 9.92. The number of benzene rings is 2. The zero-order valence-corrected chi connectivity index (χ0v) is 17.7. The Bertz CT molecular complexity index is 835. The van der Waals surface area contributed by atoms with Crippen LogP contribution in [0.1, 0.15) is 19.4 Å². The van der Waals surface area contributed by atoms with Crippen molar-refractivity contribution in [1.82, 2.24) is 0 Å². The molecular weight excluding hydrogens is 386 g/mol. The molecule has 0 aromatic heterocycles. The lowest BCUT2D eigenvalue weighted by atomic mass is 10.2. The van der Waals surface area contributed by atoms with Gasteiger partial charge in [-0.15, -0.1) is 11.8 Å². The zero-order valence-electron chi connectivity index (χ0n) is 16.9. The van der Waals surface area contributed by atoms with Crippen molar-refractivity contribution in [2.24, 2.45) is 0 Å². The summed E-state index contributed by atoms with van der Waals surface area (Å²) < 4.78 is 16.3. The van der Waals surface area contributed by atoms with Crippen LogP contribution < -0.4 is 9.64 Å². The van der Waals surface area contributed by atoms with Gasteiger partial charge in [-0.2, -0.15) is 0 Å². The Morgan fingerprint density at radius 3 is 2.59 bits per heavy atom. The molecule has 6 heteroatoms. The van der Waals surface area contributed by atoms with Crippen molar-refractivity contribution in [2.75, 3.05) is 43.6 Å². The Kier molecular flexibility index (Phi) is 7.87. The number of ether oxygens (including phenoxy) is 3. The summed E-state index contributed by atoms with van der Waals surface area (Å²) in [7, 11) is 0. The molecule has 0 fully saturated rings. The first-order valence-corrected chi connectivity index (χ1v) is 10.9. The number of hydrogen-bond acceptors (Lipinski definition) is 6. The van der Waals surface area contributed by atoms with Crippen molar-refractivity contribution in [3.05, 3.63) is 59.9 Å². The van der Waals surface area contributed by atoms with Gasteiger partial charge in [0, 0.05) is 17.2 Å². The number of rotatable bonds is 9. The second kappa shape index (κ2) is 10.8. The molecular formula is C23H27NO4S. The van der Waals surface area contributed by atoms with Crippen LogP contribution in [0.25, 0.3) is 6.08 Å². The van der Waals surface area contributed by atoms with Gasteiger partial charge in [0.2, 0.25) is 5.76 Å². The number of hydrogen-bond donors (Lipinski definition) is 0. The van der Waals surface area contributed by atoms with Gasteiger partial charge in [0.05, 0.1) is 25.4 Å². The minimum absolute atomic E-state index is 0.213. The van der Waals surface area contributed by atoms with Gasteiger partial charge in [0.1, 0.15) is 12.4 Å². The largest absolute Gasteiger partial charge is 0.492 e. The third-order valence-corrected chi connectivity index (χ3v) is 5.45. The number of anilines is 1. The van der Waals surface area contributed by atoms with Crippen molar-refractivity contribution < 1.29 is 19.0 Å². The normalized spacial score (nSPS) is 13.6. The summed E-state index contributed by atoms with van der Waals surface area (Å²) in [5, 5.41) is 0. The summed E-state index contributed by atoms with van der Waals surface area (Å²) in [6.07, 6.45) is 1.69. The third kappa shape index (κ3) is 5.94. The summed E-state index contributed by atoms with van der Waals surface area (Å²) in [6, 6.07) is 16.1. The molecule has 0 saturated heterocycles. The van der Waals surface area contributed by atoms with Crippen LogP contribution in [-0.2, 0) is 14.3 Å². The molecule has 154 valence electrons. The van der Waals surface area contributed by atoms with E-state index in [4.69, 9.17) is 14.2 Å². The van der Waals surface area contributed by atoms with Crippen LogP contribution in [-0.4, -0.2) is 44.6 Å². The second-order valence-electron chi connectivity index (χ2n) is 6.38. The van der Waals surface area contributed by atoms with Crippen molar-refractivity contribution in [3.63, 3.8) is 0 Å². The minimum atomic E-state index is -0.449. The molecule has 0 saturated carbocycles. The Labute approximate surface area is 176 Å². The molecule has 0 spiro atoms. The molecule has 1 heterocycles. The zero-order chi connectivity index (χ0) is 20.5. The lowest BCUT2D eigenvalue weighted by Gasteiger charge is -2.30. The Morgan fingerprint density at radius 2 is 1.83 bits per heavy atom. The fraction of sp³-hybridized carbons (Fsp3) is 0.348. The van der Waals surface area contributed by atoms with E-state index in [1.807, 2.05) is 43.0 Å². The highest BCUT2D eigenvalue weighted by Crippen LogP contribution is 2.33. The Hall–Kier alpha value is -2.60. The maximum atomic E-state index is 11.9. The molecule has 0 atom stereocenters. The monoisotopic (exact) mass is 413 g/mol. The molecule has 0 radical (unpaired) electrons. The molecule has 0 aliphatic carbocycles. The van der Waals surface area contributed by atoms with Crippen molar-refractivity contribution in [1.29, 1.82) is 0 Å². The summed E-state index contributed by atoms with van der Waals surface area (Å²) in [5.41, 5.74) is 2.14. The molecule has 0 unspecified atom stereocenters. The summed E-state index contributed by atoms with van der Waals surface area (Å²) >= 11 is 1.91. The highest BCUT2D eigenvalue weighted by atomic mass is 32.2.